The van der Waals surface area contributed by atoms with E-state index in [4.69, 9.17) is 11.6 Å². The monoisotopic (exact) mass is 352 g/mol. The van der Waals surface area contributed by atoms with Gasteiger partial charge in [-0.1, -0.05) is 48.9 Å². The number of allylic oxidation sites excluding steroid dienone is 2. The minimum atomic E-state index is -1.28. The maximum atomic E-state index is 12.9. The normalized spacial score (nSPS) is 19.2. The molecule has 0 heterocycles. The average molecular weight is 353 g/mol. The Balaban J connectivity index is 1.96. The smallest absolute Gasteiger partial charge is 0.185 e. The van der Waals surface area contributed by atoms with Crippen LogP contribution in [0.4, 0.5) is 0 Å². The Morgan fingerprint density at radius 2 is 1.80 bits per heavy atom. The van der Waals surface area contributed by atoms with Gasteiger partial charge in [0.15, 0.2) is 17.3 Å². The molecule has 0 fully saturated rings. The molecule has 4 heteroatoms. The van der Waals surface area contributed by atoms with Crippen LogP contribution in [0.5, 0.6) is 0 Å². The van der Waals surface area contributed by atoms with Gasteiger partial charge in [0.1, 0.15) is 5.41 Å². The van der Waals surface area contributed by atoms with Gasteiger partial charge in [-0.05, 0) is 42.3 Å². The van der Waals surface area contributed by atoms with Crippen molar-refractivity contribution < 1.29 is 14.4 Å². The van der Waals surface area contributed by atoms with Crippen molar-refractivity contribution >= 4 is 29.0 Å². The van der Waals surface area contributed by atoms with Gasteiger partial charge in [0.2, 0.25) is 0 Å². The molecule has 25 heavy (non-hydrogen) atoms. The Labute approximate surface area is 151 Å². The number of halogens is 1. The van der Waals surface area contributed by atoms with E-state index >= 15 is 0 Å². The fourth-order valence-electron chi connectivity index (χ4n) is 3.21. The Morgan fingerprint density at radius 1 is 1.12 bits per heavy atom. The molecule has 0 saturated heterocycles. The molecule has 126 valence electrons. The van der Waals surface area contributed by atoms with E-state index in [1.165, 1.54) is 12.2 Å². The first kappa shape index (κ1) is 17.3. The second-order valence-corrected chi connectivity index (χ2v) is 6.55. The van der Waals surface area contributed by atoms with Gasteiger partial charge in [-0.3, -0.25) is 14.4 Å². The fourth-order valence-corrected chi connectivity index (χ4v) is 3.34. The molecule has 3 rings (SSSR count). The van der Waals surface area contributed by atoms with Crippen LogP contribution in [0.2, 0.25) is 5.02 Å². The van der Waals surface area contributed by atoms with Crippen molar-refractivity contribution in [2.24, 2.45) is 5.41 Å². The molecule has 0 radical (unpaired) electrons. The minimum Gasteiger partial charge on any atom is -0.298 e. The SMILES string of the molecule is CCC(=O)[C@@]1(/C=C/C(=O)c2ccc(Cl)cc2)Cc2ccccc2C1=O. The van der Waals surface area contributed by atoms with E-state index < -0.39 is 5.41 Å². The van der Waals surface area contributed by atoms with Crippen molar-refractivity contribution in [2.75, 3.05) is 0 Å². The molecule has 0 spiro atoms. The van der Waals surface area contributed by atoms with Crippen LogP contribution in [0.25, 0.3) is 0 Å². The zero-order valence-electron chi connectivity index (χ0n) is 13.8. The number of benzene rings is 2. The van der Waals surface area contributed by atoms with Gasteiger partial charge in [0.05, 0.1) is 0 Å². The maximum Gasteiger partial charge on any atom is 0.185 e. The van der Waals surface area contributed by atoms with E-state index in [9.17, 15) is 14.4 Å². The van der Waals surface area contributed by atoms with Crippen LogP contribution in [-0.4, -0.2) is 17.3 Å². The number of carbonyl (C=O) groups is 3. The molecule has 0 aromatic heterocycles. The first-order valence-corrected chi connectivity index (χ1v) is 8.51. The first-order chi connectivity index (χ1) is 12.0. The largest absolute Gasteiger partial charge is 0.298 e. The lowest BCUT2D eigenvalue weighted by Gasteiger charge is -2.21. The van der Waals surface area contributed by atoms with Gasteiger partial charge in [0, 0.05) is 22.6 Å². The molecule has 0 bridgehead atoms. The predicted molar refractivity (Wildman–Crippen MR) is 97.1 cm³/mol. The summed E-state index contributed by atoms with van der Waals surface area (Å²) >= 11 is 5.83. The van der Waals surface area contributed by atoms with Crippen LogP contribution in [0.1, 0.15) is 39.6 Å². The number of carbonyl (C=O) groups excluding carboxylic acids is 3. The van der Waals surface area contributed by atoms with Crippen molar-refractivity contribution in [3.63, 3.8) is 0 Å². The summed E-state index contributed by atoms with van der Waals surface area (Å²) in [5.74, 6) is -0.660. The minimum absolute atomic E-state index is 0.172. The van der Waals surface area contributed by atoms with E-state index in [0.717, 1.165) is 5.56 Å². The van der Waals surface area contributed by atoms with Crippen molar-refractivity contribution in [3.05, 3.63) is 82.4 Å². The number of hydrogen-bond donors (Lipinski definition) is 0. The zero-order valence-corrected chi connectivity index (χ0v) is 14.5. The van der Waals surface area contributed by atoms with E-state index in [1.807, 2.05) is 12.1 Å². The summed E-state index contributed by atoms with van der Waals surface area (Å²) in [6.07, 6.45) is 3.36. The number of ketones is 3. The molecule has 1 aliphatic carbocycles. The fraction of sp³-hybridized carbons (Fsp3) is 0.190. The third kappa shape index (κ3) is 3.08. The molecular formula is C21H17ClO3. The van der Waals surface area contributed by atoms with Crippen molar-refractivity contribution in [1.82, 2.24) is 0 Å². The third-order valence-corrected chi connectivity index (χ3v) is 4.86. The Bertz CT molecular complexity index is 880. The number of rotatable bonds is 5. The summed E-state index contributed by atoms with van der Waals surface area (Å²) in [6.45, 7) is 1.73. The summed E-state index contributed by atoms with van der Waals surface area (Å²) < 4.78 is 0. The Kier molecular flexibility index (Phi) is 4.69. The molecule has 0 saturated carbocycles. The van der Waals surface area contributed by atoms with Gasteiger partial charge < -0.3 is 0 Å². The topological polar surface area (TPSA) is 51.2 Å². The lowest BCUT2D eigenvalue weighted by atomic mass is 9.77. The Morgan fingerprint density at radius 3 is 2.44 bits per heavy atom. The highest BCUT2D eigenvalue weighted by Gasteiger charge is 2.48. The van der Waals surface area contributed by atoms with Crippen LogP contribution in [0.15, 0.2) is 60.7 Å². The molecule has 0 unspecified atom stereocenters. The highest BCUT2D eigenvalue weighted by Crippen LogP contribution is 2.39. The lowest BCUT2D eigenvalue weighted by molar-refractivity contribution is -0.123. The standard InChI is InChI=1S/C21H17ClO3/c1-2-19(24)21(13-15-5-3-4-6-17(15)20(21)25)12-11-18(23)14-7-9-16(22)10-8-14/h3-12H,2,13H2,1H3/b12-11+/t21-/m1/s1. The summed E-state index contributed by atoms with van der Waals surface area (Å²) in [5, 5.41) is 0.541. The van der Waals surface area contributed by atoms with Crippen LogP contribution in [-0.2, 0) is 11.2 Å². The van der Waals surface area contributed by atoms with E-state index in [2.05, 4.69) is 0 Å². The van der Waals surface area contributed by atoms with Gasteiger partial charge >= 0.3 is 0 Å². The van der Waals surface area contributed by atoms with Crippen molar-refractivity contribution in [2.45, 2.75) is 19.8 Å². The maximum absolute atomic E-state index is 12.9. The average Bonchev–Trinajstić information content (AvgIpc) is 2.93. The molecule has 0 amide bonds. The summed E-state index contributed by atoms with van der Waals surface area (Å²) in [6, 6.07) is 13.7. The summed E-state index contributed by atoms with van der Waals surface area (Å²) in [5.41, 5.74) is 0.592. The number of fused-ring (bicyclic) bond motifs is 1. The van der Waals surface area contributed by atoms with Gasteiger partial charge in [-0.2, -0.15) is 0 Å². The number of hydrogen-bond acceptors (Lipinski definition) is 3. The summed E-state index contributed by atoms with van der Waals surface area (Å²) in [4.78, 5) is 37.9. The van der Waals surface area contributed by atoms with Crippen LogP contribution in [0.3, 0.4) is 0 Å². The predicted octanol–water partition coefficient (Wildman–Crippen LogP) is 4.48. The molecular weight excluding hydrogens is 336 g/mol. The van der Waals surface area contributed by atoms with Crippen molar-refractivity contribution in [1.29, 1.82) is 0 Å². The molecule has 3 nitrogen and oxygen atoms in total. The second kappa shape index (κ2) is 6.77. The highest BCUT2D eigenvalue weighted by molar-refractivity contribution is 6.30. The van der Waals surface area contributed by atoms with Crippen LogP contribution >= 0.6 is 11.6 Å². The third-order valence-electron chi connectivity index (χ3n) is 4.60. The molecule has 2 aromatic carbocycles. The molecule has 2 aromatic rings. The van der Waals surface area contributed by atoms with Gasteiger partial charge in [0.25, 0.3) is 0 Å². The summed E-state index contributed by atoms with van der Waals surface area (Å²) in [7, 11) is 0. The van der Waals surface area contributed by atoms with E-state index in [-0.39, 0.29) is 23.8 Å². The van der Waals surface area contributed by atoms with Crippen molar-refractivity contribution in [3.8, 4) is 0 Å². The number of Topliss-reactive ketones (excluding diaryl/α,β-unsaturated/α-hetero) is 2. The van der Waals surface area contributed by atoms with E-state index in [1.54, 1.807) is 43.3 Å². The lowest BCUT2D eigenvalue weighted by Crippen LogP contribution is -2.35. The molecule has 1 atom stereocenters. The quantitative estimate of drug-likeness (QED) is 0.453. The van der Waals surface area contributed by atoms with Crippen LogP contribution < -0.4 is 0 Å². The molecule has 1 aliphatic rings. The second-order valence-electron chi connectivity index (χ2n) is 6.12. The van der Waals surface area contributed by atoms with E-state index in [0.29, 0.717) is 22.6 Å². The molecule has 0 N–H and O–H groups in total. The molecule has 0 aliphatic heterocycles. The first-order valence-electron chi connectivity index (χ1n) is 8.13. The van der Waals surface area contributed by atoms with Crippen LogP contribution in [0, 0.1) is 5.41 Å². The van der Waals surface area contributed by atoms with Gasteiger partial charge in [-0.15, -0.1) is 0 Å². The Hall–Kier alpha value is -2.52. The zero-order chi connectivity index (χ0) is 18.0. The highest BCUT2D eigenvalue weighted by atomic mass is 35.5. The van der Waals surface area contributed by atoms with Gasteiger partial charge in [-0.25, -0.2) is 0 Å².